The third-order valence-electron chi connectivity index (χ3n) is 3.51. The number of aliphatic hydroxyl groups excluding tert-OH is 1. The minimum Gasteiger partial charge on any atom is -0.393 e. The van der Waals surface area contributed by atoms with Gasteiger partial charge in [-0.25, -0.2) is 4.68 Å². The Morgan fingerprint density at radius 1 is 1.39 bits per heavy atom. The second-order valence-electron chi connectivity index (χ2n) is 4.77. The molecule has 0 aliphatic heterocycles. The van der Waals surface area contributed by atoms with E-state index in [0.29, 0.717) is 5.92 Å². The summed E-state index contributed by atoms with van der Waals surface area (Å²) >= 11 is 1.29. The van der Waals surface area contributed by atoms with Gasteiger partial charge in [-0.2, -0.15) is 5.10 Å². The van der Waals surface area contributed by atoms with Crippen LogP contribution in [0.3, 0.4) is 0 Å². The van der Waals surface area contributed by atoms with E-state index < -0.39 is 0 Å². The number of nitrogens with one attached hydrogen (secondary N) is 1. The van der Waals surface area contributed by atoms with Gasteiger partial charge < -0.3 is 5.11 Å². The van der Waals surface area contributed by atoms with E-state index in [1.807, 2.05) is 12.4 Å². The van der Waals surface area contributed by atoms with Crippen molar-refractivity contribution >= 4 is 11.5 Å². The van der Waals surface area contributed by atoms with Crippen LogP contribution in [0.15, 0.2) is 23.3 Å². The second-order valence-corrected chi connectivity index (χ2v) is 5.60. The Kier molecular flexibility index (Phi) is 3.05. The molecule has 0 aromatic carbocycles. The van der Waals surface area contributed by atoms with Crippen LogP contribution < -0.4 is 5.56 Å². The molecule has 0 unspecified atom stereocenters. The van der Waals surface area contributed by atoms with Gasteiger partial charge in [-0.1, -0.05) is 0 Å². The first kappa shape index (κ1) is 11.7. The molecule has 2 heterocycles. The van der Waals surface area contributed by atoms with Crippen LogP contribution in [-0.2, 0) is 0 Å². The van der Waals surface area contributed by atoms with Crippen molar-refractivity contribution < 1.29 is 5.11 Å². The van der Waals surface area contributed by atoms with Crippen molar-refractivity contribution in [2.45, 2.75) is 37.7 Å². The number of nitrogens with zero attached hydrogens (tertiary/aromatic N) is 2. The Bertz CT molecular complexity index is 578. The molecule has 0 saturated heterocycles. The van der Waals surface area contributed by atoms with Crippen LogP contribution in [0.2, 0.25) is 0 Å². The summed E-state index contributed by atoms with van der Waals surface area (Å²) in [7, 11) is 0. The fraction of sp³-hybridized carbons (Fsp3) is 0.500. The lowest BCUT2D eigenvalue weighted by Crippen LogP contribution is -2.16. The maximum atomic E-state index is 11.1. The predicted octanol–water partition coefficient (Wildman–Crippen LogP) is 1.64. The van der Waals surface area contributed by atoms with Gasteiger partial charge in [-0.3, -0.25) is 9.17 Å². The zero-order chi connectivity index (χ0) is 12.5. The third kappa shape index (κ3) is 2.26. The van der Waals surface area contributed by atoms with E-state index in [2.05, 4.69) is 9.47 Å². The van der Waals surface area contributed by atoms with Gasteiger partial charge in [0.05, 0.1) is 12.3 Å². The number of hydrogen-bond donors (Lipinski definition) is 2. The first-order valence-electron chi connectivity index (χ1n) is 6.14. The van der Waals surface area contributed by atoms with Crippen LogP contribution in [0, 0.1) is 0 Å². The summed E-state index contributed by atoms with van der Waals surface area (Å²) in [6.07, 6.45) is 7.48. The summed E-state index contributed by atoms with van der Waals surface area (Å²) in [5, 5.41) is 14.6. The van der Waals surface area contributed by atoms with Crippen molar-refractivity contribution in [3.8, 4) is 5.00 Å². The Morgan fingerprint density at radius 2 is 2.17 bits per heavy atom. The first-order valence-corrected chi connectivity index (χ1v) is 6.95. The van der Waals surface area contributed by atoms with Gasteiger partial charge >= 0.3 is 0 Å². The summed E-state index contributed by atoms with van der Waals surface area (Å²) in [5.41, 5.74) is 1.11. The lowest BCUT2D eigenvalue weighted by atomic mass is 9.84. The number of rotatable bonds is 2. The maximum Gasteiger partial charge on any atom is 0.260 e. The van der Waals surface area contributed by atoms with E-state index in [1.54, 1.807) is 10.7 Å². The molecule has 18 heavy (non-hydrogen) atoms. The molecule has 0 spiro atoms. The number of H-pyrrole nitrogens is 1. The van der Waals surface area contributed by atoms with Crippen LogP contribution in [0.25, 0.3) is 5.00 Å². The molecule has 2 aromatic rings. The number of aliphatic hydroxyl groups is 1. The molecule has 5 nitrogen and oxygen atoms in total. The van der Waals surface area contributed by atoms with Gasteiger partial charge in [0.15, 0.2) is 0 Å². The third-order valence-corrected chi connectivity index (χ3v) is 4.32. The molecule has 0 bridgehead atoms. The molecule has 0 amide bonds. The zero-order valence-electron chi connectivity index (χ0n) is 9.87. The quantitative estimate of drug-likeness (QED) is 0.867. The average Bonchev–Trinajstić information content (AvgIpc) is 2.98. The molecule has 2 aromatic heterocycles. The highest BCUT2D eigenvalue weighted by Gasteiger charge is 2.22. The minimum absolute atomic E-state index is 0.0900. The van der Waals surface area contributed by atoms with Crippen molar-refractivity contribution in [3.05, 3.63) is 34.4 Å². The van der Waals surface area contributed by atoms with Gasteiger partial charge in [0, 0.05) is 12.3 Å². The fourth-order valence-electron chi connectivity index (χ4n) is 2.46. The van der Waals surface area contributed by atoms with Crippen molar-refractivity contribution in [2.24, 2.45) is 0 Å². The van der Waals surface area contributed by atoms with E-state index >= 15 is 0 Å². The van der Waals surface area contributed by atoms with Gasteiger partial charge in [-0.05, 0) is 48.7 Å². The number of aromatic nitrogens is 3. The monoisotopic (exact) mass is 265 g/mol. The Morgan fingerprint density at radius 3 is 2.83 bits per heavy atom. The van der Waals surface area contributed by atoms with E-state index in [0.717, 1.165) is 30.7 Å². The van der Waals surface area contributed by atoms with Crippen LogP contribution in [-0.4, -0.2) is 25.4 Å². The molecule has 1 fully saturated rings. The standard InChI is InChI=1S/C12H15N3O2S/c16-10-3-1-8(2-4-10)9-6-13-15(7-9)12-5-11(17)14-18-12/h5-8,10,16H,1-4H2,(H,14,17). The van der Waals surface area contributed by atoms with E-state index in [9.17, 15) is 9.90 Å². The molecule has 1 saturated carbocycles. The van der Waals surface area contributed by atoms with Crippen molar-refractivity contribution in [2.75, 3.05) is 0 Å². The molecule has 0 atom stereocenters. The molecule has 0 radical (unpaired) electrons. The van der Waals surface area contributed by atoms with Crippen LogP contribution in [0.1, 0.15) is 37.2 Å². The number of hydrogen-bond acceptors (Lipinski definition) is 4. The van der Waals surface area contributed by atoms with Crippen LogP contribution >= 0.6 is 11.5 Å². The molecule has 1 aliphatic carbocycles. The summed E-state index contributed by atoms with van der Waals surface area (Å²) in [6.45, 7) is 0. The normalized spacial score (nSPS) is 24.3. The first-order chi connectivity index (χ1) is 8.72. The largest absolute Gasteiger partial charge is 0.393 e. The predicted molar refractivity (Wildman–Crippen MR) is 69.3 cm³/mol. The summed E-state index contributed by atoms with van der Waals surface area (Å²) in [5.74, 6) is 0.484. The molecule has 6 heteroatoms. The maximum absolute atomic E-state index is 11.1. The molecule has 2 N–H and O–H groups in total. The average molecular weight is 265 g/mol. The molecule has 96 valence electrons. The van der Waals surface area contributed by atoms with Crippen molar-refractivity contribution in [1.82, 2.24) is 14.2 Å². The summed E-state index contributed by atoms with van der Waals surface area (Å²) < 4.78 is 4.39. The van der Waals surface area contributed by atoms with Crippen molar-refractivity contribution in [1.29, 1.82) is 0 Å². The Labute approximate surface area is 108 Å². The van der Waals surface area contributed by atoms with Gasteiger partial charge in [0.2, 0.25) is 0 Å². The Hall–Kier alpha value is -1.40. The van der Waals surface area contributed by atoms with Gasteiger partial charge in [0.1, 0.15) is 5.00 Å². The lowest BCUT2D eigenvalue weighted by Gasteiger charge is -2.24. The van der Waals surface area contributed by atoms with Crippen molar-refractivity contribution in [3.63, 3.8) is 0 Å². The van der Waals surface area contributed by atoms with Gasteiger partial charge in [-0.15, -0.1) is 0 Å². The highest BCUT2D eigenvalue weighted by molar-refractivity contribution is 7.08. The van der Waals surface area contributed by atoms with E-state index in [4.69, 9.17) is 0 Å². The smallest absolute Gasteiger partial charge is 0.260 e. The molecular weight excluding hydrogens is 250 g/mol. The minimum atomic E-state index is -0.133. The lowest BCUT2D eigenvalue weighted by molar-refractivity contribution is 0.122. The van der Waals surface area contributed by atoms with Crippen LogP contribution in [0.5, 0.6) is 0 Å². The summed E-state index contributed by atoms with van der Waals surface area (Å²) in [4.78, 5) is 11.1. The topological polar surface area (TPSA) is 70.9 Å². The molecule has 3 rings (SSSR count). The summed E-state index contributed by atoms with van der Waals surface area (Å²) in [6, 6.07) is 1.55. The second kappa shape index (κ2) is 4.70. The van der Waals surface area contributed by atoms with E-state index in [-0.39, 0.29) is 11.7 Å². The SMILES string of the molecule is O=c1cc(-n2cc(C3CCC(O)CC3)cn2)s[nH]1. The van der Waals surface area contributed by atoms with E-state index in [1.165, 1.54) is 17.1 Å². The fourth-order valence-corrected chi connectivity index (χ4v) is 3.09. The molecule has 1 aliphatic rings. The zero-order valence-corrected chi connectivity index (χ0v) is 10.7. The Balaban J connectivity index is 1.79. The van der Waals surface area contributed by atoms with Crippen LogP contribution in [0.4, 0.5) is 0 Å². The highest BCUT2D eigenvalue weighted by Crippen LogP contribution is 2.32. The van der Waals surface area contributed by atoms with Gasteiger partial charge in [0.25, 0.3) is 5.56 Å². The highest BCUT2D eigenvalue weighted by atomic mass is 32.1. The number of aromatic amines is 1. The molecular formula is C12H15N3O2S.